The van der Waals surface area contributed by atoms with Crippen LogP contribution in [0, 0.1) is 38.6 Å². The summed E-state index contributed by atoms with van der Waals surface area (Å²) in [4.78, 5) is 36.8. The molecule has 10 rings (SSSR count). The molecule has 0 unspecified atom stereocenters. The van der Waals surface area contributed by atoms with Gasteiger partial charge in [-0.3, -0.25) is 24.5 Å². The molecule has 4 aromatic carbocycles. The summed E-state index contributed by atoms with van der Waals surface area (Å²) in [6.07, 6.45) is 13.4. The van der Waals surface area contributed by atoms with Crippen LogP contribution < -0.4 is 10.2 Å². The minimum Gasteiger partial charge on any atom is -0.872 e. The zero-order valence-corrected chi connectivity index (χ0v) is 38.9. The number of ketones is 2. The van der Waals surface area contributed by atoms with Crippen LogP contribution in [0.1, 0.15) is 31.8 Å². The van der Waals surface area contributed by atoms with Gasteiger partial charge >= 0.3 is 45.7 Å². The Morgan fingerprint density at radius 1 is 0.362 bits per heavy atom. The van der Waals surface area contributed by atoms with E-state index in [0.717, 1.165) is 46.3 Å². The monoisotopic (exact) mass is 1050 g/mol. The molecule has 6 aromatic heterocycles. The van der Waals surface area contributed by atoms with Gasteiger partial charge in [0.05, 0.1) is 17.1 Å². The average Bonchev–Trinajstić information content (AvgIpc) is 4.22. The molecule has 0 amide bonds. The zero-order valence-electron chi connectivity index (χ0n) is 36.8. The van der Waals surface area contributed by atoms with Gasteiger partial charge in [-0.1, -0.05) is 151 Å². The third-order valence-corrected chi connectivity index (χ3v) is 10.3. The maximum Gasteiger partial charge on any atom is 3.00 e. The van der Waals surface area contributed by atoms with E-state index in [1.54, 1.807) is 116 Å². The van der Waals surface area contributed by atoms with E-state index in [1.165, 1.54) is 0 Å². The number of hydrogen-bond donors (Lipinski definition) is 0. The van der Waals surface area contributed by atoms with Crippen molar-refractivity contribution in [1.82, 2.24) is 44.0 Å². The summed E-state index contributed by atoms with van der Waals surface area (Å²) in [5, 5.41) is 38.0. The van der Waals surface area contributed by atoms with Crippen molar-refractivity contribution in [2.45, 2.75) is 0 Å². The van der Waals surface area contributed by atoms with E-state index in [-0.39, 0.29) is 61.7 Å². The topological polar surface area (TPSA) is 172 Å². The van der Waals surface area contributed by atoms with E-state index >= 15 is 0 Å². The van der Waals surface area contributed by atoms with Crippen LogP contribution in [0.4, 0.5) is 0 Å². The number of allylic oxidation sites excluding steroid dienone is 2. The molecule has 0 saturated carbocycles. The third kappa shape index (κ3) is 13.2. The van der Waals surface area contributed by atoms with Crippen LogP contribution in [0.15, 0.2) is 243 Å². The van der Waals surface area contributed by atoms with Crippen LogP contribution >= 0.6 is 0 Å². The second-order valence-corrected chi connectivity index (χ2v) is 15.0. The summed E-state index contributed by atoms with van der Waals surface area (Å²) in [5.41, 5.74) is 6.88. The van der Waals surface area contributed by atoms with E-state index in [1.807, 2.05) is 129 Å². The molecular formula is C54H41BN9O4Tb. The molecule has 0 spiro atoms. The van der Waals surface area contributed by atoms with Crippen molar-refractivity contribution in [3.63, 3.8) is 0 Å². The zero-order chi connectivity index (χ0) is 46.9. The number of nitrogens with zero attached hydrogens (tertiary/aromatic N) is 9. The molecule has 13 nitrogen and oxygen atoms in total. The Kier molecular flexibility index (Phi) is 17.3. The molecule has 338 valence electrons. The van der Waals surface area contributed by atoms with Gasteiger partial charge in [0.25, 0.3) is 0 Å². The van der Waals surface area contributed by atoms with Gasteiger partial charge in [0.1, 0.15) is 17.1 Å². The van der Waals surface area contributed by atoms with E-state index in [2.05, 4.69) is 15.0 Å². The standard InChI is InChI=1S/C24H19BN9.2C15H12O2.Tb/c1-4-13-26-19(7-1)22-10-16-32(29-22)25(33-17-11-23(30-33)20-8-2-5-14-27-20)34-18-12-24(31-34)21-9-3-6-15-28-21;2*16-14(12-7-3-1-4-8-12)11-15(17)13-9-5-2-6-10-13;/h1-18,25H;2*1-11,16H;/q-1;;;+3/p-2/b;2*14-11-;. The van der Waals surface area contributed by atoms with Crippen LogP contribution in [0.25, 0.3) is 45.7 Å². The van der Waals surface area contributed by atoms with Crippen molar-refractivity contribution >= 4 is 30.2 Å². The summed E-state index contributed by atoms with van der Waals surface area (Å²) in [6, 6.07) is 58.2. The molecule has 0 bridgehead atoms. The average molecular weight is 1050 g/mol. The molecule has 0 atom stereocenters. The maximum absolute atomic E-state index is 11.8. The van der Waals surface area contributed by atoms with Crippen LogP contribution in [-0.2, 0) is 0 Å². The first-order chi connectivity index (χ1) is 33.4. The second-order valence-electron chi connectivity index (χ2n) is 15.0. The summed E-state index contributed by atoms with van der Waals surface area (Å²) >= 11 is 0. The minimum atomic E-state index is -1.56. The summed E-state index contributed by atoms with van der Waals surface area (Å²) in [6.45, 7) is 0. The number of aromatic nitrogens is 9. The van der Waals surface area contributed by atoms with Crippen LogP contribution in [0.5, 0.6) is 0 Å². The van der Waals surface area contributed by atoms with Gasteiger partial charge in [-0.15, -0.1) is 0 Å². The van der Waals surface area contributed by atoms with Gasteiger partial charge in [-0.25, -0.2) is 15.3 Å². The SMILES string of the molecule is O=C(/C=C(\[O-])c1ccccc1)c1ccccc1.O=C(/C=C(\[O-])c1ccccc1)c1ccccc1.[Tb+3].c1ccc(-c2ccn([BH-](n3ccc(-c4ccccn4)n3)n3ccc(-c4ccccn4)n3)n2)nc1. The Labute approximate surface area is 429 Å². The molecular weight excluding hydrogens is 1010 g/mol. The third-order valence-electron chi connectivity index (χ3n) is 10.3. The Balaban J connectivity index is 0.000000169. The number of benzene rings is 4. The molecule has 0 N–H and O–H groups in total. The fraction of sp³-hybridized carbons (Fsp3) is 0. The van der Waals surface area contributed by atoms with Crippen molar-refractivity contribution in [3.05, 3.63) is 266 Å². The van der Waals surface area contributed by atoms with Gasteiger partial charge < -0.3 is 24.0 Å². The van der Waals surface area contributed by atoms with Crippen LogP contribution in [0.2, 0.25) is 0 Å². The summed E-state index contributed by atoms with van der Waals surface area (Å²) < 4.78 is 5.69. The number of pyridine rings is 3. The van der Waals surface area contributed by atoms with Gasteiger partial charge in [0.15, 0.2) is 11.6 Å². The van der Waals surface area contributed by atoms with Crippen LogP contribution in [0.3, 0.4) is 0 Å². The molecule has 0 aliphatic heterocycles. The largest absolute Gasteiger partial charge is 3.00 e. The Hall–Kier alpha value is -8.27. The predicted molar refractivity (Wildman–Crippen MR) is 260 cm³/mol. The molecule has 0 aliphatic carbocycles. The quantitative estimate of drug-likeness (QED) is 0.0512. The van der Waals surface area contributed by atoms with E-state index in [4.69, 9.17) is 15.3 Å². The molecule has 0 saturated heterocycles. The number of rotatable bonds is 12. The van der Waals surface area contributed by atoms with Gasteiger partial charge in [-0.05, 0) is 96.5 Å². The second kappa shape index (κ2) is 24.5. The van der Waals surface area contributed by atoms with Crippen molar-refractivity contribution in [3.8, 4) is 34.2 Å². The Morgan fingerprint density at radius 3 is 0.913 bits per heavy atom. The van der Waals surface area contributed by atoms with Crippen molar-refractivity contribution < 1.29 is 58.4 Å². The number of hydrogen-bond acceptors (Lipinski definition) is 10. The summed E-state index contributed by atoms with van der Waals surface area (Å²) in [5.74, 6) is -1.06. The smallest absolute Gasteiger partial charge is 0.872 e. The fourth-order valence-corrected chi connectivity index (χ4v) is 6.94. The van der Waals surface area contributed by atoms with Crippen molar-refractivity contribution in [1.29, 1.82) is 0 Å². The van der Waals surface area contributed by atoms with E-state index in [9.17, 15) is 19.8 Å². The van der Waals surface area contributed by atoms with Crippen molar-refractivity contribution in [2.24, 2.45) is 0 Å². The first-order valence-corrected chi connectivity index (χ1v) is 21.5. The van der Waals surface area contributed by atoms with Gasteiger partial charge in [-0.2, -0.15) is 0 Å². The normalized spacial score (nSPS) is 11.0. The maximum atomic E-state index is 11.8. The minimum absolute atomic E-state index is 0. The summed E-state index contributed by atoms with van der Waals surface area (Å²) in [7, 11) is -1.56. The molecule has 15 heteroatoms. The molecule has 69 heavy (non-hydrogen) atoms. The number of carbonyl (C=O) groups is 2. The van der Waals surface area contributed by atoms with Crippen molar-refractivity contribution in [2.75, 3.05) is 0 Å². The molecule has 0 fully saturated rings. The molecule has 0 aliphatic rings. The molecule has 6 heterocycles. The Bertz CT molecular complexity index is 2940. The van der Waals surface area contributed by atoms with E-state index < -0.39 is 7.12 Å². The fourth-order valence-electron chi connectivity index (χ4n) is 6.94. The van der Waals surface area contributed by atoms with Gasteiger partial charge in [0.2, 0.25) is 0 Å². The molecule has 10 aromatic rings. The van der Waals surface area contributed by atoms with E-state index in [0.29, 0.717) is 22.3 Å². The molecule has 0 radical (unpaired) electrons. The number of carbonyl (C=O) groups excluding carboxylic acids is 2. The van der Waals surface area contributed by atoms with Crippen LogP contribution in [-0.4, -0.2) is 62.7 Å². The first-order valence-electron chi connectivity index (χ1n) is 21.5. The predicted octanol–water partition coefficient (Wildman–Crippen LogP) is 7.67. The Morgan fingerprint density at radius 2 is 0.638 bits per heavy atom. The van der Waals surface area contributed by atoms with Gasteiger partial charge in [0, 0.05) is 29.7 Å². The first kappa shape index (κ1) is 48.7.